The van der Waals surface area contributed by atoms with Gasteiger partial charge in [-0.2, -0.15) is 0 Å². The van der Waals surface area contributed by atoms with Gasteiger partial charge in [0.05, 0.1) is 13.2 Å². The van der Waals surface area contributed by atoms with Crippen molar-refractivity contribution in [3.05, 3.63) is 35.6 Å². The summed E-state index contributed by atoms with van der Waals surface area (Å²) in [6.45, 7) is 4.86. The second kappa shape index (κ2) is 9.22. The first kappa shape index (κ1) is 18.2. The first-order chi connectivity index (χ1) is 11.6. The van der Waals surface area contributed by atoms with Gasteiger partial charge in [0.15, 0.2) is 0 Å². The molecule has 1 N–H and O–H groups in total. The topological polar surface area (TPSA) is 61.9 Å². The first-order valence-corrected chi connectivity index (χ1v) is 8.25. The smallest absolute Gasteiger partial charge is 0.409 e. The van der Waals surface area contributed by atoms with Crippen molar-refractivity contribution >= 4 is 12.0 Å². The van der Waals surface area contributed by atoms with Crippen LogP contribution in [-0.4, -0.2) is 67.7 Å². The van der Waals surface area contributed by atoms with Crippen molar-refractivity contribution in [3.63, 3.8) is 0 Å². The summed E-state index contributed by atoms with van der Waals surface area (Å²) in [6, 6.07) is 6.63. The van der Waals surface area contributed by atoms with Gasteiger partial charge >= 0.3 is 6.09 Å². The SMILES string of the molecule is CCOC(=O)N1CCN(C(=O)CNCCc2ccccc2F)CC1. The number of carbonyl (C=O) groups excluding carboxylic acids is 2. The van der Waals surface area contributed by atoms with Gasteiger partial charge in [-0.25, -0.2) is 9.18 Å². The van der Waals surface area contributed by atoms with Gasteiger partial charge in [0.1, 0.15) is 5.82 Å². The average molecular weight is 337 g/mol. The van der Waals surface area contributed by atoms with Crippen LogP contribution in [0, 0.1) is 5.82 Å². The van der Waals surface area contributed by atoms with Crippen LogP contribution in [0.5, 0.6) is 0 Å². The van der Waals surface area contributed by atoms with Crippen LogP contribution in [0.2, 0.25) is 0 Å². The highest BCUT2D eigenvalue weighted by atomic mass is 19.1. The van der Waals surface area contributed by atoms with Crippen molar-refractivity contribution in [2.24, 2.45) is 0 Å². The zero-order valence-corrected chi connectivity index (χ0v) is 14.0. The summed E-state index contributed by atoms with van der Waals surface area (Å²) in [5, 5.41) is 3.05. The van der Waals surface area contributed by atoms with Crippen molar-refractivity contribution in [1.29, 1.82) is 0 Å². The largest absolute Gasteiger partial charge is 0.450 e. The second-order valence-electron chi connectivity index (χ2n) is 5.58. The summed E-state index contributed by atoms with van der Waals surface area (Å²) >= 11 is 0. The fourth-order valence-electron chi connectivity index (χ4n) is 2.58. The standard InChI is InChI=1S/C17H24FN3O3/c1-2-24-17(23)21-11-9-20(10-12-21)16(22)13-19-8-7-14-5-3-4-6-15(14)18/h3-6,19H,2,7-13H2,1H3. The maximum atomic E-state index is 13.5. The summed E-state index contributed by atoms with van der Waals surface area (Å²) < 4.78 is 18.4. The number of rotatable bonds is 6. The molecule has 1 saturated heterocycles. The minimum Gasteiger partial charge on any atom is -0.450 e. The van der Waals surface area contributed by atoms with E-state index >= 15 is 0 Å². The first-order valence-electron chi connectivity index (χ1n) is 8.25. The number of carbonyl (C=O) groups is 2. The molecule has 1 aliphatic heterocycles. The maximum absolute atomic E-state index is 13.5. The van der Waals surface area contributed by atoms with Gasteiger partial charge in [0, 0.05) is 26.2 Å². The summed E-state index contributed by atoms with van der Waals surface area (Å²) in [5.74, 6) is -0.229. The van der Waals surface area contributed by atoms with Crippen molar-refractivity contribution in [3.8, 4) is 0 Å². The Labute approximate surface area is 141 Å². The molecule has 0 saturated carbocycles. The molecule has 6 nitrogen and oxygen atoms in total. The highest BCUT2D eigenvalue weighted by Crippen LogP contribution is 2.06. The number of hydrogen-bond donors (Lipinski definition) is 1. The van der Waals surface area contributed by atoms with Crippen molar-refractivity contribution < 1.29 is 18.7 Å². The Morgan fingerprint density at radius 2 is 1.83 bits per heavy atom. The van der Waals surface area contributed by atoms with E-state index in [0.717, 1.165) is 0 Å². The van der Waals surface area contributed by atoms with Gasteiger partial charge < -0.3 is 19.9 Å². The summed E-state index contributed by atoms with van der Waals surface area (Å²) in [4.78, 5) is 27.1. The van der Waals surface area contributed by atoms with E-state index in [-0.39, 0.29) is 24.4 Å². The third-order valence-corrected chi connectivity index (χ3v) is 3.96. The van der Waals surface area contributed by atoms with Crippen LogP contribution in [0.15, 0.2) is 24.3 Å². The molecule has 2 amide bonds. The molecule has 0 aromatic heterocycles. The Morgan fingerprint density at radius 1 is 1.17 bits per heavy atom. The van der Waals surface area contributed by atoms with Gasteiger partial charge in [-0.05, 0) is 31.5 Å². The number of nitrogens with one attached hydrogen (secondary N) is 1. The molecular weight excluding hydrogens is 313 g/mol. The van der Waals surface area contributed by atoms with E-state index in [9.17, 15) is 14.0 Å². The summed E-state index contributed by atoms with van der Waals surface area (Å²) in [7, 11) is 0. The Kier molecular flexibility index (Phi) is 6.99. The Bertz CT molecular complexity index is 560. The quantitative estimate of drug-likeness (QED) is 0.794. The van der Waals surface area contributed by atoms with E-state index in [0.29, 0.717) is 51.3 Å². The number of amides is 2. The van der Waals surface area contributed by atoms with E-state index in [1.807, 2.05) is 0 Å². The highest BCUT2D eigenvalue weighted by molar-refractivity contribution is 5.78. The maximum Gasteiger partial charge on any atom is 0.409 e. The zero-order valence-electron chi connectivity index (χ0n) is 14.0. The molecule has 1 fully saturated rings. The molecule has 1 aromatic carbocycles. The number of hydrogen-bond acceptors (Lipinski definition) is 4. The van der Waals surface area contributed by atoms with E-state index in [1.165, 1.54) is 6.07 Å². The molecule has 0 aliphatic carbocycles. The lowest BCUT2D eigenvalue weighted by atomic mass is 10.1. The fourth-order valence-corrected chi connectivity index (χ4v) is 2.58. The van der Waals surface area contributed by atoms with Crippen molar-refractivity contribution in [2.45, 2.75) is 13.3 Å². The predicted molar refractivity (Wildman–Crippen MR) is 88.1 cm³/mol. The zero-order chi connectivity index (χ0) is 17.4. The van der Waals surface area contributed by atoms with Gasteiger partial charge in [0.2, 0.25) is 5.91 Å². The van der Waals surface area contributed by atoms with Gasteiger partial charge in [-0.15, -0.1) is 0 Å². The fraction of sp³-hybridized carbons (Fsp3) is 0.529. The van der Waals surface area contributed by atoms with Gasteiger partial charge in [-0.1, -0.05) is 18.2 Å². The highest BCUT2D eigenvalue weighted by Gasteiger charge is 2.24. The van der Waals surface area contributed by atoms with Crippen LogP contribution >= 0.6 is 0 Å². The molecule has 24 heavy (non-hydrogen) atoms. The molecule has 1 heterocycles. The predicted octanol–water partition coefficient (Wildman–Crippen LogP) is 1.26. The van der Waals surface area contributed by atoms with Crippen LogP contribution in [0.4, 0.5) is 9.18 Å². The molecule has 132 valence electrons. The molecule has 0 unspecified atom stereocenters. The normalized spacial score (nSPS) is 14.6. The number of halogens is 1. The summed E-state index contributed by atoms with van der Waals surface area (Å²) in [6.07, 6.45) is 0.212. The minimum atomic E-state index is -0.326. The van der Waals surface area contributed by atoms with Crippen molar-refractivity contribution in [1.82, 2.24) is 15.1 Å². The third kappa shape index (κ3) is 5.19. The Balaban J connectivity index is 1.65. The average Bonchev–Trinajstić information content (AvgIpc) is 2.60. The van der Waals surface area contributed by atoms with Gasteiger partial charge in [0.25, 0.3) is 0 Å². The lowest BCUT2D eigenvalue weighted by molar-refractivity contribution is -0.131. The molecule has 0 radical (unpaired) electrons. The van der Waals surface area contributed by atoms with Crippen LogP contribution in [0.3, 0.4) is 0 Å². The van der Waals surface area contributed by atoms with Crippen molar-refractivity contribution in [2.75, 3.05) is 45.9 Å². The van der Waals surface area contributed by atoms with Gasteiger partial charge in [-0.3, -0.25) is 4.79 Å². The van der Waals surface area contributed by atoms with E-state index < -0.39 is 0 Å². The third-order valence-electron chi connectivity index (χ3n) is 3.96. The van der Waals surface area contributed by atoms with Crippen LogP contribution in [-0.2, 0) is 16.0 Å². The van der Waals surface area contributed by atoms with E-state index in [4.69, 9.17) is 4.74 Å². The number of benzene rings is 1. The minimum absolute atomic E-state index is 0.00737. The molecule has 0 bridgehead atoms. The lowest BCUT2D eigenvalue weighted by Gasteiger charge is -2.34. The lowest BCUT2D eigenvalue weighted by Crippen LogP contribution is -2.52. The molecule has 2 rings (SSSR count). The Morgan fingerprint density at radius 3 is 2.50 bits per heavy atom. The van der Waals surface area contributed by atoms with Crippen LogP contribution in [0.1, 0.15) is 12.5 Å². The number of nitrogens with zero attached hydrogens (tertiary/aromatic N) is 2. The van der Waals surface area contributed by atoms with Crippen LogP contribution in [0.25, 0.3) is 0 Å². The number of piperazine rings is 1. The molecule has 1 aliphatic rings. The second-order valence-corrected chi connectivity index (χ2v) is 5.58. The number of ether oxygens (including phenoxy) is 1. The van der Waals surface area contributed by atoms with Crippen LogP contribution < -0.4 is 5.32 Å². The Hall–Kier alpha value is -2.15. The molecule has 0 atom stereocenters. The molecule has 1 aromatic rings. The van der Waals surface area contributed by atoms with E-state index in [2.05, 4.69) is 5.32 Å². The monoisotopic (exact) mass is 337 g/mol. The molecule has 7 heteroatoms. The summed E-state index contributed by atoms with van der Waals surface area (Å²) in [5.41, 5.74) is 0.639. The molecule has 0 spiro atoms. The molecular formula is C17H24FN3O3. The van der Waals surface area contributed by atoms with E-state index in [1.54, 1.807) is 34.9 Å².